The second-order valence-electron chi connectivity index (χ2n) is 2.98. The molecule has 5 heteroatoms. The largest absolute Gasteiger partial charge is 0.337 e. The highest BCUT2D eigenvalue weighted by Gasteiger charge is 2.10. The number of carbonyl (C=O) groups is 1. The van der Waals surface area contributed by atoms with E-state index in [1.807, 2.05) is 6.07 Å². The molecule has 0 saturated heterocycles. The second-order valence-corrected chi connectivity index (χ2v) is 3.86. The van der Waals surface area contributed by atoms with Crippen LogP contribution < -0.4 is 5.32 Å². The first kappa shape index (κ1) is 11.8. The lowest BCUT2D eigenvalue weighted by Crippen LogP contribution is -2.31. The van der Waals surface area contributed by atoms with Gasteiger partial charge in [-0.2, -0.15) is 5.26 Å². The summed E-state index contributed by atoms with van der Waals surface area (Å²) in [4.78, 5) is 11.5. The number of nitrogens with one attached hydrogen (secondary N) is 1. The van der Waals surface area contributed by atoms with Gasteiger partial charge in [0.1, 0.15) is 6.04 Å². The summed E-state index contributed by atoms with van der Waals surface area (Å²) >= 11 is 11.5. The van der Waals surface area contributed by atoms with Crippen LogP contribution >= 0.6 is 23.2 Å². The van der Waals surface area contributed by atoms with Crippen molar-refractivity contribution in [2.24, 2.45) is 0 Å². The zero-order valence-electron chi connectivity index (χ0n) is 7.92. The Kier molecular flexibility index (Phi) is 3.96. The summed E-state index contributed by atoms with van der Waals surface area (Å²) in [5.74, 6) is -0.367. The minimum atomic E-state index is -0.546. The Balaban J connectivity index is 2.88. The topological polar surface area (TPSA) is 52.9 Å². The molecule has 0 radical (unpaired) electrons. The summed E-state index contributed by atoms with van der Waals surface area (Å²) in [5.41, 5.74) is 0.342. The maximum absolute atomic E-state index is 11.5. The Morgan fingerprint density at radius 1 is 1.40 bits per heavy atom. The maximum Gasteiger partial charge on any atom is 0.252 e. The van der Waals surface area contributed by atoms with Crippen LogP contribution in [0.25, 0.3) is 0 Å². The molecule has 0 bridgehead atoms. The third-order valence-corrected chi connectivity index (χ3v) is 2.10. The van der Waals surface area contributed by atoms with Crippen molar-refractivity contribution in [2.75, 3.05) is 0 Å². The molecule has 0 heterocycles. The molecule has 0 saturated carbocycles. The van der Waals surface area contributed by atoms with Gasteiger partial charge in [-0.15, -0.1) is 0 Å². The van der Waals surface area contributed by atoms with E-state index < -0.39 is 6.04 Å². The molecule has 0 aliphatic carbocycles. The van der Waals surface area contributed by atoms with Crippen molar-refractivity contribution in [1.29, 1.82) is 5.26 Å². The molecule has 1 amide bonds. The number of benzene rings is 1. The number of nitrogens with zero attached hydrogens (tertiary/aromatic N) is 1. The van der Waals surface area contributed by atoms with Crippen LogP contribution in [0, 0.1) is 11.3 Å². The van der Waals surface area contributed by atoms with E-state index >= 15 is 0 Å². The van der Waals surface area contributed by atoms with Gasteiger partial charge in [0.25, 0.3) is 5.91 Å². The van der Waals surface area contributed by atoms with Gasteiger partial charge in [0.2, 0.25) is 0 Å². The molecular weight excluding hydrogens is 235 g/mol. The maximum atomic E-state index is 11.5. The number of amides is 1. The van der Waals surface area contributed by atoms with Crippen molar-refractivity contribution >= 4 is 29.1 Å². The lowest BCUT2D eigenvalue weighted by Gasteiger charge is -2.06. The summed E-state index contributed by atoms with van der Waals surface area (Å²) in [7, 11) is 0. The molecule has 0 aliphatic rings. The van der Waals surface area contributed by atoms with E-state index in [9.17, 15) is 4.79 Å². The SMILES string of the molecule is CC(C#N)NC(=O)c1cc(Cl)cc(Cl)c1. The van der Waals surface area contributed by atoms with Crippen LogP contribution in [0.4, 0.5) is 0 Å². The van der Waals surface area contributed by atoms with Crippen LogP contribution in [0.5, 0.6) is 0 Å². The van der Waals surface area contributed by atoms with Crippen LogP contribution in [-0.2, 0) is 0 Å². The van der Waals surface area contributed by atoms with Crippen LogP contribution in [0.1, 0.15) is 17.3 Å². The Labute approximate surface area is 97.6 Å². The number of rotatable bonds is 2. The van der Waals surface area contributed by atoms with Gasteiger partial charge in [0.15, 0.2) is 0 Å². The molecule has 15 heavy (non-hydrogen) atoms. The number of hydrogen-bond donors (Lipinski definition) is 1. The molecule has 3 nitrogen and oxygen atoms in total. The highest BCUT2D eigenvalue weighted by Crippen LogP contribution is 2.18. The van der Waals surface area contributed by atoms with Crippen LogP contribution in [-0.4, -0.2) is 11.9 Å². The predicted octanol–water partition coefficient (Wildman–Crippen LogP) is 2.64. The first-order chi connectivity index (χ1) is 7.02. The van der Waals surface area contributed by atoms with E-state index in [-0.39, 0.29) is 5.91 Å². The molecule has 0 aromatic heterocycles. The first-order valence-corrected chi connectivity index (χ1v) is 4.95. The van der Waals surface area contributed by atoms with Crippen molar-refractivity contribution in [3.8, 4) is 6.07 Å². The summed E-state index contributed by atoms with van der Waals surface area (Å²) in [6.07, 6.45) is 0. The van der Waals surface area contributed by atoms with Crippen molar-refractivity contribution in [3.05, 3.63) is 33.8 Å². The van der Waals surface area contributed by atoms with Crippen molar-refractivity contribution in [1.82, 2.24) is 5.32 Å². The van der Waals surface area contributed by atoms with Gasteiger partial charge in [-0.3, -0.25) is 4.79 Å². The average molecular weight is 243 g/mol. The van der Waals surface area contributed by atoms with Crippen LogP contribution in [0.15, 0.2) is 18.2 Å². The van der Waals surface area contributed by atoms with E-state index in [0.29, 0.717) is 15.6 Å². The summed E-state index contributed by atoms with van der Waals surface area (Å²) in [5, 5.41) is 11.8. The van der Waals surface area contributed by atoms with Gasteiger partial charge in [-0.1, -0.05) is 23.2 Å². The molecule has 0 spiro atoms. The number of nitriles is 1. The third-order valence-electron chi connectivity index (χ3n) is 1.67. The minimum absolute atomic E-state index is 0.342. The van der Waals surface area contributed by atoms with E-state index in [1.165, 1.54) is 18.2 Å². The van der Waals surface area contributed by atoms with Gasteiger partial charge in [-0.25, -0.2) is 0 Å². The molecule has 1 aromatic carbocycles. The predicted molar refractivity (Wildman–Crippen MR) is 59.0 cm³/mol. The quantitative estimate of drug-likeness (QED) is 0.867. The van der Waals surface area contributed by atoms with E-state index in [1.54, 1.807) is 6.92 Å². The lowest BCUT2D eigenvalue weighted by atomic mass is 10.2. The summed E-state index contributed by atoms with van der Waals surface area (Å²) in [6.45, 7) is 1.59. The molecule has 0 aliphatic heterocycles. The van der Waals surface area contributed by atoms with Crippen molar-refractivity contribution < 1.29 is 4.79 Å². The summed E-state index contributed by atoms with van der Waals surface area (Å²) < 4.78 is 0. The Hall–Kier alpha value is -1.24. The highest BCUT2D eigenvalue weighted by atomic mass is 35.5. The van der Waals surface area contributed by atoms with Crippen molar-refractivity contribution in [2.45, 2.75) is 13.0 Å². The molecule has 1 rings (SSSR count). The number of halogens is 2. The van der Waals surface area contributed by atoms with Crippen molar-refractivity contribution in [3.63, 3.8) is 0 Å². The van der Waals surface area contributed by atoms with Gasteiger partial charge in [0, 0.05) is 15.6 Å². The van der Waals surface area contributed by atoms with E-state index in [0.717, 1.165) is 0 Å². The monoisotopic (exact) mass is 242 g/mol. The fourth-order valence-electron chi connectivity index (χ4n) is 0.997. The molecule has 78 valence electrons. The van der Waals surface area contributed by atoms with E-state index in [2.05, 4.69) is 5.32 Å². The Bertz CT molecular complexity index is 406. The van der Waals surface area contributed by atoms with Crippen LogP contribution in [0.2, 0.25) is 10.0 Å². The zero-order valence-corrected chi connectivity index (χ0v) is 9.43. The van der Waals surface area contributed by atoms with Gasteiger partial charge in [-0.05, 0) is 25.1 Å². The second kappa shape index (κ2) is 5.01. The fraction of sp³-hybridized carbons (Fsp3) is 0.200. The molecule has 0 fully saturated rings. The zero-order chi connectivity index (χ0) is 11.4. The number of hydrogen-bond acceptors (Lipinski definition) is 2. The van der Waals surface area contributed by atoms with Gasteiger partial charge in [0.05, 0.1) is 6.07 Å². The fourth-order valence-corrected chi connectivity index (χ4v) is 1.52. The van der Waals surface area contributed by atoms with E-state index in [4.69, 9.17) is 28.5 Å². The lowest BCUT2D eigenvalue weighted by molar-refractivity contribution is 0.0948. The molecule has 1 unspecified atom stereocenters. The Morgan fingerprint density at radius 2 is 1.93 bits per heavy atom. The Morgan fingerprint density at radius 3 is 2.40 bits per heavy atom. The normalized spacial score (nSPS) is 11.6. The van der Waals surface area contributed by atoms with Gasteiger partial charge < -0.3 is 5.32 Å². The molecule has 1 aromatic rings. The summed E-state index contributed by atoms with van der Waals surface area (Å²) in [6, 6.07) is 5.87. The average Bonchev–Trinajstić information content (AvgIpc) is 2.16. The molecule has 1 atom stereocenters. The molecule has 1 N–H and O–H groups in total. The third kappa shape index (κ3) is 3.43. The first-order valence-electron chi connectivity index (χ1n) is 4.19. The van der Waals surface area contributed by atoms with Gasteiger partial charge >= 0.3 is 0 Å². The standard InChI is InChI=1S/C10H8Cl2N2O/c1-6(5-13)14-10(15)7-2-8(11)4-9(12)3-7/h2-4,6H,1H3,(H,14,15). The smallest absolute Gasteiger partial charge is 0.252 e. The highest BCUT2D eigenvalue weighted by molar-refractivity contribution is 6.35. The minimum Gasteiger partial charge on any atom is -0.337 e. The molecular formula is C10H8Cl2N2O. The number of carbonyl (C=O) groups excluding carboxylic acids is 1. The van der Waals surface area contributed by atoms with Crippen LogP contribution in [0.3, 0.4) is 0 Å².